The molecule has 23 heavy (non-hydrogen) atoms. The second-order valence-electron chi connectivity index (χ2n) is 7.12. The van der Waals surface area contributed by atoms with Crippen LogP contribution < -0.4 is 0 Å². The van der Waals surface area contributed by atoms with Crippen molar-refractivity contribution in [2.75, 3.05) is 0 Å². The highest BCUT2D eigenvalue weighted by molar-refractivity contribution is 5.55. The average Bonchev–Trinajstić information content (AvgIpc) is 2.49. The molecule has 0 bridgehead atoms. The van der Waals surface area contributed by atoms with Gasteiger partial charge in [0.1, 0.15) is 6.10 Å². The van der Waals surface area contributed by atoms with Crippen LogP contribution in [0.2, 0.25) is 0 Å². The predicted molar refractivity (Wildman–Crippen MR) is 99.6 cm³/mol. The monoisotopic (exact) mass is 310 g/mol. The zero-order valence-corrected chi connectivity index (χ0v) is 16.1. The van der Waals surface area contributed by atoms with E-state index in [2.05, 4.69) is 68.4 Å². The molecule has 0 radical (unpaired) electrons. The van der Waals surface area contributed by atoms with Crippen molar-refractivity contribution in [1.29, 1.82) is 0 Å². The molecule has 1 atom stereocenters. The fourth-order valence-corrected chi connectivity index (χ4v) is 3.74. The van der Waals surface area contributed by atoms with Crippen LogP contribution in [0.5, 0.6) is 0 Å². The fraction of sp³-hybridized carbons (Fsp3) is 0.455. The Hall–Kier alpha value is -1.60. The molecule has 0 fully saturated rings. The smallest absolute Gasteiger partial charge is 0.105 e. The highest BCUT2D eigenvalue weighted by Crippen LogP contribution is 2.37. The van der Waals surface area contributed by atoms with E-state index in [-0.39, 0.29) is 0 Å². The van der Waals surface area contributed by atoms with Gasteiger partial charge in [-0.05, 0) is 124 Å². The van der Waals surface area contributed by atoms with Gasteiger partial charge in [0.2, 0.25) is 0 Å². The van der Waals surface area contributed by atoms with Gasteiger partial charge in [-0.15, -0.1) is 0 Å². The molecule has 1 unspecified atom stereocenters. The second kappa shape index (κ2) is 6.13. The SMILES string of the molecule is Cc1cc(C)c(C)c(C(O)c2c(C)c(C)c(C)c(C)c2C)c1C. The summed E-state index contributed by atoms with van der Waals surface area (Å²) in [5.41, 5.74) is 13.4. The summed E-state index contributed by atoms with van der Waals surface area (Å²) in [6.45, 7) is 19.3. The molecule has 0 saturated carbocycles. The van der Waals surface area contributed by atoms with E-state index in [0.29, 0.717) is 0 Å². The zero-order valence-electron chi connectivity index (χ0n) is 16.1. The molecule has 2 aromatic carbocycles. The van der Waals surface area contributed by atoms with Gasteiger partial charge in [0.25, 0.3) is 0 Å². The Balaban J connectivity index is 2.80. The van der Waals surface area contributed by atoms with E-state index in [9.17, 15) is 5.11 Å². The van der Waals surface area contributed by atoms with Crippen LogP contribution in [0.15, 0.2) is 6.07 Å². The largest absolute Gasteiger partial charge is 0.384 e. The molecule has 124 valence electrons. The quantitative estimate of drug-likeness (QED) is 0.771. The second-order valence-corrected chi connectivity index (χ2v) is 7.12. The maximum atomic E-state index is 11.3. The lowest BCUT2D eigenvalue weighted by molar-refractivity contribution is 0.217. The standard InChI is InChI=1S/C22H30O/c1-11-10-12(2)14(4)20(13(11)3)22(23)21-18(8)16(6)15(5)17(7)19(21)9/h10,22-23H,1-9H3. The Morgan fingerprint density at radius 3 is 1.22 bits per heavy atom. The van der Waals surface area contributed by atoms with Gasteiger partial charge in [-0.25, -0.2) is 0 Å². The van der Waals surface area contributed by atoms with Crippen molar-refractivity contribution in [3.63, 3.8) is 0 Å². The molecule has 0 heterocycles. The molecular formula is C22H30O. The third-order valence-electron chi connectivity index (χ3n) is 6.03. The first-order valence-electron chi connectivity index (χ1n) is 8.41. The molecule has 0 spiro atoms. The van der Waals surface area contributed by atoms with E-state index in [1.165, 1.54) is 50.1 Å². The summed E-state index contributed by atoms with van der Waals surface area (Å²) in [6.07, 6.45) is -0.563. The van der Waals surface area contributed by atoms with E-state index >= 15 is 0 Å². The van der Waals surface area contributed by atoms with Gasteiger partial charge in [0.15, 0.2) is 0 Å². The minimum atomic E-state index is -0.563. The lowest BCUT2D eigenvalue weighted by Crippen LogP contribution is -2.13. The lowest BCUT2D eigenvalue weighted by atomic mass is 9.82. The number of aryl methyl sites for hydroxylation is 2. The van der Waals surface area contributed by atoms with Crippen molar-refractivity contribution in [2.24, 2.45) is 0 Å². The molecule has 0 aliphatic rings. The number of aliphatic hydroxyl groups is 1. The van der Waals surface area contributed by atoms with Crippen LogP contribution in [-0.4, -0.2) is 5.11 Å². The van der Waals surface area contributed by atoms with Gasteiger partial charge in [-0.1, -0.05) is 6.07 Å². The molecule has 1 nitrogen and oxygen atoms in total. The first-order valence-corrected chi connectivity index (χ1v) is 8.41. The third-order valence-corrected chi connectivity index (χ3v) is 6.03. The van der Waals surface area contributed by atoms with Crippen molar-refractivity contribution in [3.8, 4) is 0 Å². The van der Waals surface area contributed by atoms with Crippen molar-refractivity contribution in [3.05, 3.63) is 67.3 Å². The Bertz CT molecular complexity index is 726. The Labute approximate surface area is 141 Å². The summed E-state index contributed by atoms with van der Waals surface area (Å²) >= 11 is 0. The van der Waals surface area contributed by atoms with E-state index in [4.69, 9.17) is 0 Å². The number of benzene rings is 2. The average molecular weight is 310 g/mol. The van der Waals surface area contributed by atoms with Crippen LogP contribution in [-0.2, 0) is 0 Å². The van der Waals surface area contributed by atoms with Crippen LogP contribution >= 0.6 is 0 Å². The third kappa shape index (κ3) is 2.72. The summed E-state index contributed by atoms with van der Waals surface area (Å²) in [6, 6.07) is 2.21. The van der Waals surface area contributed by atoms with Crippen molar-refractivity contribution < 1.29 is 5.11 Å². The van der Waals surface area contributed by atoms with E-state index in [0.717, 1.165) is 11.1 Å². The van der Waals surface area contributed by atoms with E-state index in [1.807, 2.05) is 0 Å². The maximum Gasteiger partial charge on any atom is 0.105 e. The summed E-state index contributed by atoms with van der Waals surface area (Å²) in [5, 5.41) is 11.3. The topological polar surface area (TPSA) is 20.2 Å². The van der Waals surface area contributed by atoms with Crippen molar-refractivity contribution in [1.82, 2.24) is 0 Å². The van der Waals surface area contributed by atoms with Gasteiger partial charge >= 0.3 is 0 Å². The predicted octanol–water partition coefficient (Wildman–Crippen LogP) is 5.54. The molecule has 0 saturated heterocycles. The van der Waals surface area contributed by atoms with E-state index < -0.39 is 6.10 Å². The number of aliphatic hydroxyl groups excluding tert-OH is 1. The van der Waals surface area contributed by atoms with Gasteiger partial charge in [-0.3, -0.25) is 0 Å². The lowest BCUT2D eigenvalue weighted by Gasteiger charge is -2.26. The molecule has 2 rings (SSSR count). The van der Waals surface area contributed by atoms with Gasteiger partial charge in [0.05, 0.1) is 0 Å². The molecule has 2 aromatic rings. The molecule has 0 aliphatic carbocycles. The maximum absolute atomic E-state index is 11.3. The fourth-order valence-electron chi connectivity index (χ4n) is 3.74. The highest BCUT2D eigenvalue weighted by atomic mass is 16.3. The van der Waals surface area contributed by atoms with Crippen LogP contribution in [0.3, 0.4) is 0 Å². The zero-order chi connectivity index (χ0) is 17.6. The molecular weight excluding hydrogens is 280 g/mol. The van der Waals surface area contributed by atoms with Crippen molar-refractivity contribution in [2.45, 2.75) is 68.4 Å². The van der Waals surface area contributed by atoms with Crippen LogP contribution in [0.1, 0.15) is 67.3 Å². The van der Waals surface area contributed by atoms with Gasteiger partial charge < -0.3 is 5.11 Å². The number of rotatable bonds is 2. The van der Waals surface area contributed by atoms with Crippen molar-refractivity contribution >= 4 is 0 Å². The Kier molecular flexibility index (Phi) is 4.73. The molecule has 1 N–H and O–H groups in total. The highest BCUT2D eigenvalue weighted by Gasteiger charge is 2.23. The van der Waals surface area contributed by atoms with Crippen LogP contribution in [0.4, 0.5) is 0 Å². The first-order chi connectivity index (χ1) is 10.6. The Morgan fingerprint density at radius 1 is 0.522 bits per heavy atom. The minimum absolute atomic E-state index is 0.563. The molecule has 1 heteroatoms. The summed E-state index contributed by atoms with van der Waals surface area (Å²) in [4.78, 5) is 0. The normalized spacial score (nSPS) is 12.6. The first kappa shape index (κ1) is 17.7. The van der Waals surface area contributed by atoms with Gasteiger partial charge in [0, 0.05) is 0 Å². The van der Waals surface area contributed by atoms with Gasteiger partial charge in [-0.2, -0.15) is 0 Å². The number of hydrogen-bond acceptors (Lipinski definition) is 1. The Morgan fingerprint density at radius 2 is 0.826 bits per heavy atom. The molecule has 0 aromatic heterocycles. The summed E-state index contributed by atoms with van der Waals surface area (Å²) < 4.78 is 0. The van der Waals surface area contributed by atoms with E-state index in [1.54, 1.807) is 0 Å². The molecule has 0 aliphatic heterocycles. The molecule has 0 amide bonds. The van der Waals surface area contributed by atoms with Crippen LogP contribution in [0, 0.1) is 62.3 Å². The number of hydrogen-bond donors (Lipinski definition) is 1. The summed E-state index contributed by atoms with van der Waals surface area (Å²) in [7, 11) is 0. The summed E-state index contributed by atoms with van der Waals surface area (Å²) in [5.74, 6) is 0. The minimum Gasteiger partial charge on any atom is -0.384 e. The van der Waals surface area contributed by atoms with Crippen LogP contribution in [0.25, 0.3) is 0 Å².